The van der Waals surface area contributed by atoms with E-state index in [1.165, 1.54) is 96.3 Å². The van der Waals surface area contributed by atoms with E-state index < -0.39 is 24.5 Å². The molecule has 9 nitrogen and oxygen atoms in total. The molecule has 0 saturated carbocycles. The molecule has 0 fully saturated rings. The van der Waals surface area contributed by atoms with Gasteiger partial charge >= 0.3 is 11.9 Å². The van der Waals surface area contributed by atoms with Crippen LogP contribution in [0, 0.1) is 0 Å². The molecule has 53 heavy (non-hydrogen) atoms. The summed E-state index contributed by atoms with van der Waals surface area (Å²) in [6.07, 6.45) is 42.0. The van der Waals surface area contributed by atoms with Crippen molar-refractivity contribution in [3.63, 3.8) is 0 Å². The van der Waals surface area contributed by atoms with Crippen molar-refractivity contribution in [1.29, 1.82) is 0 Å². The molecule has 2 unspecified atom stereocenters. The standard InChI is InChI=1S/C44H80N2O7/c1-3-5-7-9-11-13-15-16-17-18-19-21-23-28-32-36-43(50)53-39(33-29-25-22-20-14-12-10-8-6-4-2)34-30-26-24-27-31-35-41(48)45-37-42(49)46-40(38-47)44(51)52/h11,13,16-17,39-40,47H,3-10,12,14-15,18-38H2,1-2H3,(H,45,48)(H,46,49)(H,51,52)/b13-11-,17-16-. The third-order valence-electron chi connectivity index (χ3n) is 9.70. The number of esters is 1. The topological polar surface area (TPSA) is 142 Å². The number of carboxylic acids is 1. The lowest BCUT2D eigenvalue weighted by molar-refractivity contribution is -0.150. The summed E-state index contributed by atoms with van der Waals surface area (Å²) in [6, 6.07) is -1.38. The average Bonchev–Trinajstić information content (AvgIpc) is 3.14. The van der Waals surface area contributed by atoms with Gasteiger partial charge in [0.1, 0.15) is 12.1 Å². The first kappa shape index (κ1) is 50.3. The first-order valence-electron chi connectivity index (χ1n) is 21.7. The van der Waals surface area contributed by atoms with Gasteiger partial charge in [-0.05, 0) is 70.6 Å². The highest BCUT2D eigenvalue weighted by atomic mass is 16.5. The Balaban J connectivity index is 4.29. The van der Waals surface area contributed by atoms with Crippen LogP contribution in [0.4, 0.5) is 0 Å². The molecule has 308 valence electrons. The summed E-state index contributed by atoms with van der Waals surface area (Å²) in [5.74, 6) is -2.30. The predicted octanol–water partition coefficient (Wildman–Crippen LogP) is 10.4. The number of carbonyl (C=O) groups is 4. The van der Waals surface area contributed by atoms with E-state index in [1.54, 1.807) is 0 Å². The van der Waals surface area contributed by atoms with Crippen molar-refractivity contribution in [3.05, 3.63) is 24.3 Å². The van der Waals surface area contributed by atoms with Crippen LogP contribution in [0.25, 0.3) is 0 Å². The average molecular weight is 749 g/mol. The molecular weight excluding hydrogens is 668 g/mol. The Hall–Kier alpha value is -2.68. The van der Waals surface area contributed by atoms with Crippen molar-refractivity contribution in [2.45, 2.75) is 219 Å². The molecule has 0 spiro atoms. The quantitative estimate of drug-likeness (QED) is 0.0278. The summed E-state index contributed by atoms with van der Waals surface area (Å²) < 4.78 is 6.02. The molecule has 9 heteroatoms. The van der Waals surface area contributed by atoms with Crippen molar-refractivity contribution in [3.8, 4) is 0 Å². The van der Waals surface area contributed by atoms with Crippen molar-refractivity contribution in [2.75, 3.05) is 13.2 Å². The van der Waals surface area contributed by atoms with E-state index in [0.29, 0.717) is 19.3 Å². The highest BCUT2D eigenvalue weighted by Crippen LogP contribution is 2.19. The van der Waals surface area contributed by atoms with E-state index in [0.717, 1.165) is 77.0 Å². The number of unbranched alkanes of at least 4 members (excludes halogenated alkanes) is 21. The monoisotopic (exact) mass is 749 g/mol. The summed E-state index contributed by atoms with van der Waals surface area (Å²) in [7, 11) is 0. The minimum Gasteiger partial charge on any atom is -0.480 e. The van der Waals surface area contributed by atoms with Gasteiger partial charge in [0.25, 0.3) is 0 Å². The second-order valence-electron chi connectivity index (χ2n) is 14.8. The van der Waals surface area contributed by atoms with Gasteiger partial charge in [-0.3, -0.25) is 14.4 Å². The normalized spacial score (nSPS) is 12.7. The highest BCUT2D eigenvalue weighted by molar-refractivity contribution is 5.87. The number of aliphatic carboxylic acids is 1. The Bertz CT molecular complexity index is 952. The minimum absolute atomic E-state index is 0.0157. The predicted molar refractivity (Wildman–Crippen MR) is 218 cm³/mol. The zero-order valence-corrected chi connectivity index (χ0v) is 34.0. The molecule has 0 aromatic carbocycles. The number of amides is 2. The molecule has 2 atom stereocenters. The minimum atomic E-state index is -1.38. The van der Waals surface area contributed by atoms with E-state index >= 15 is 0 Å². The number of carbonyl (C=O) groups excluding carboxylic acids is 3. The third kappa shape index (κ3) is 36.1. The summed E-state index contributed by atoms with van der Waals surface area (Å²) >= 11 is 0. The Morgan fingerprint density at radius 2 is 1.02 bits per heavy atom. The molecule has 2 amide bonds. The number of carboxylic acid groups (broad SMARTS) is 1. The largest absolute Gasteiger partial charge is 0.480 e. The fourth-order valence-electron chi connectivity index (χ4n) is 6.33. The van der Waals surface area contributed by atoms with Gasteiger partial charge in [0.05, 0.1) is 13.2 Å². The van der Waals surface area contributed by atoms with E-state index in [4.69, 9.17) is 14.9 Å². The Labute approximate surface area is 324 Å². The molecule has 0 aromatic heterocycles. The van der Waals surface area contributed by atoms with Gasteiger partial charge in [-0.2, -0.15) is 0 Å². The number of rotatable bonds is 39. The van der Waals surface area contributed by atoms with Gasteiger partial charge in [0.2, 0.25) is 11.8 Å². The lowest BCUT2D eigenvalue weighted by Crippen LogP contribution is -2.47. The lowest BCUT2D eigenvalue weighted by atomic mass is 10.0. The maximum atomic E-state index is 12.8. The van der Waals surface area contributed by atoms with Crippen LogP contribution >= 0.6 is 0 Å². The second kappa shape index (κ2) is 39.0. The molecule has 0 rings (SSSR count). The zero-order valence-electron chi connectivity index (χ0n) is 34.0. The number of aliphatic hydroxyl groups excluding tert-OH is 1. The molecule has 0 heterocycles. The van der Waals surface area contributed by atoms with Crippen LogP contribution in [0.1, 0.15) is 206 Å². The maximum absolute atomic E-state index is 12.8. The number of nitrogens with one attached hydrogen (secondary N) is 2. The number of ether oxygens (including phenoxy) is 1. The molecule has 0 saturated heterocycles. The van der Waals surface area contributed by atoms with E-state index in [-0.39, 0.29) is 24.5 Å². The Kier molecular flexibility index (Phi) is 37.1. The molecule has 0 aliphatic rings. The van der Waals surface area contributed by atoms with Gasteiger partial charge in [-0.15, -0.1) is 0 Å². The summed E-state index contributed by atoms with van der Waals surface area (Å²) in [5.41, 5.74) is 0. The molecule has 0 aliphatic heterocycles. The van der Waals surface area contributed by atoms with Crippen molar-refractivity contribution < 1.29 is 34.1 Å². The van der Waals surface area contributed by atoms with Crippen LogP contribution in [0.15, 0.2) is 24.3 Å². The first-order chi connectivity index (χ1) is 25.8. The maximum Gasteiger partial charge on any atom is 0.328 e. The van der Waals surface area contributed by atoms with E-state index in [9.17, 15) is 19.2 Å². The van der Waals surface area contributed by atoms with Gasteiger partial charge < -0.3 is 25.6 Å². The van der Waals surface area contributed by atoms with E-state index in [2.05, 4.69) is 48.8 Å². The van der Waals surface area contributed by atoms with Gasteiger partial charge in [0.15, 0.2) is 0 Å². The van der Waals surface area contributed by atoms with Gasteiger partial charge in [-0.1, -0.05) is 147 Å². The zero-order chi connectivity index (χ0) is 39.0. The fourth-order valence-corrected chi connectivity index (χ4v) is 6.33. The van der Waals surface area contributed by atoms with Crippen LogP contribution in [0.2, 0.25) is 0 Å². The molecule has 0 bridgehead atoms. The smallest absolute Gasteiger partial charge is 0.328 e. The SMILES string of the molecule is CCCCC/C=C\C/C=C\CCCCCCCC(=O)OC(CCCCCCCCCCCC)CCCCCCCC(=O)NCC(=O)NC(CO)C(=O)O. The number of aliphatic hydroxyl groups is 1. The van der Waals surface area contributed by atoms with Crippen LogP contribution in [0.5, 0.6) is 0 Å². The van der Waals surface area contributed by atoms with Crippen LogP contribution < -0.4 is 10.6 Å². The molecule has 4 N–H and O–H groups in total. The van der Waals surface area contributed by atoms with Crippen molar-refractivity contribution >= 4 is 23.8 Å². The number of hydrogen-bond donors (Lipinski definition) is 4. The fraction of sp³-hybridized carbons (Fsp3) is 0.818. The summed E-state index contributed by atoms with van der Waals surface area (Å²) in [5, 5.41) is 22.5. The van der Waals surface area contributed by atoms with Crippen LogP contribution in [-0.2, 0) is 23.9 Å². The molecule has 0 aliphatic carbocycles. The highest BCUT2D eigenvalue weighted by Gasteiger charge is 2.19. The molecule has 0 aromatic rings. The van der Waals surface area contributed by atoms with Crippen molar-refractivity contribution in [2.24, 2.45) is 0 Å². The van der Waals surface area contributed by atoms with Crippen molar-refractivity contribution in [1.82, 2.24) is 10.6 Å². The Morgan fingerprint density at radius 1 is 0.566 bits per heavy atom. The van der Waals surface area contributed by atoms with Gasteiger partial charge in [0, 0.05) is 12.8 Å². The Morgan fingerprint density at radius 3 is 1.55 bits per heavy atom. The summed E-state index contributed by atoms with van der Waals surface area (Å²) in [4.78, 5) is 47.5. The van der Waals surface area contributed by atoms with Gasteiger partial charge in [-0.25, -0.2) is 4.79 Å². The molecule has 0 radical (unpaired) electrons. The third-order valence-corrected chi connectivity index (χ3v) is 9.70. The summed E-state index contributed by atoms with van der Waals surface area (Å²) in [6.45, 7) is 3.46. The van der Waals surface area contributed by atoms with Crippen LogP contribution in [-0.4, -0.2) is 59.3 Å². The van der Waals surface area contributed by atoms with Crippen LogP contribution in [0.3, 0.4) is 0 Å². The number of allylic oxidation sites excluding steroid dienone is 4. The molecular formula is C44H80N2O7. The lowest BCUT2D eigenvalue weighted by Gasteiger charge is -2.18. The van der Waals surface area contributed by atoms with E-state index in [1.807, 2.05) is 0 Å². The number of hydrogen-bond acceptors (Lipinski definition) is 6. The first-order valence-corrected chi connectivity index (χ1v) is 21.7. The second-order valence-corrected chi connectivity index (χ2v) is 14.8.